The van der Waals surface area contributed by atoms with Gasteiger partial charge in [0.15, 0.2) is 0 Å². The third-order valence-electron chi connectivity index (χ3n) is 1.22. The normalized spacial score (nSPS) is 18.4. The maximum atomic E-state index is 3.41. The van der Waals surface area contributed by atoms with Gasteiger partial charge in [-0.1, -0.05) is 33.7 Å². The Morgan fingerprint density at radius 3 is 3.11 bits per heavy atom. The Labute approximate surface area is 64.1 Å². The lowest BCUT2D eigenvalue weighted by molar-refractivity contribution is 1.22. The summed E-state index contributed by atoms with van der Waals surface area (Å²) in [4.78, 5) is 0. The van der Waals surface area contributed by atoms with E-state index in [0.717, 1.165) is 10.9 Å². The molecule has 48 valence electrons. The number of rotatable bonds is 0. The molecule has 0 aromatic rings. The molecule has 1 heteroatoms. The SMILES string of the molecule is CC1=CC(Br)=CC=CC1. The van der Waals surface area contributed by atoms with E-state index in [1.165, 1.54) is 5.57 Å². The van der Waals surface area contributed by atoms with Gasteiger partial charge in [-0.05, 0) is 25.5 Å². The van der Waals surface area contributed by atoms with Crippen LogP contribution in [0.5, 0.6) is 0 Å². The molecule has 0 N–H and O–H groups in total. The summed E-state index contributed by atoms with van der Waals surface area (Å²) in [5.41, 5.74) is 1.40. The fraction of sp³-hybridized carbons (Fsp3) is 0.250. The van der Waals surface area contributed by atoms with Crippen molar-refractivity contribution in [2.75, 3.05) is 0 Å². The van der Waals surface area contributed by atoms with E-state index in [0.29, 0.717) is 0 Å². The van der Waals surface area contributed by atoms with Gasteiger partial charge in [0, 0.05) is 4.48 Å². The fourth-order valence-corrected chi connectivity index (χ4v) is 1.30. The molecule has 0 nitrogen and oxygen atoms in total. The Bertz CT molecular complexity index is 185. The highest BCUT2D eigenvalue weighted by Gasteiger charge is 1.90. The maximum absolute atomic E-state index is 3.41. The zero-order chi connectivity index (χ0) is 6.69. The molecular weight excluding hydrogens is 176 g/mol. The average Bonchev–Trinajstić information content (AvgIpc) is 1.93. The van der Waals surface area contributed by atoms with Crippen molar-refractivity contribution in [3.8, 4) is 0 Å². The Balaban J connectivity index is 2.82. The van der Waals surface area contributed by atoms with E-state index in [9.17, 15) is 0 Å². The molecule has 0 saturated heterocycles. The van der Waals surface area contributed by atoms with Crippen LogP contribution in [0.1, 0.15) is 13.3 Å². The van der Waals surface area contributed by atoms with E-state index < -0.39 is 0 Å². The van der Waals surface area contributed by atoms with Crippen molar-refractivity contribution in [3.63, 3.8) is 0 Å². The van der Waals surface area contributed by atoms with Gasteiger partial charge in [-0.25, -0.2) is 0 Å². The number of halogens is 1. The highest BCUT2D eigenvalue weighted by molar-refractivity contribution is 9.11. The van der Waals surface area contributed by atoms with Crippen molar-refractivity contribution < 1.29 is 0 Å². The molecule has 1 rings (SSSR count). The minimum absolute atomic E-state index is 1.08. The quantitative estimate of drug-likeness (QED) is 0.543. The number of hydrogen-bond acceptors (Lipinski definition) is 0. The molecule has 0 aromatic heterocycles. The van der Waals surface area contributed by atoms with Crippen molar-refractivity contribution in [2.45, 2.75) is 13.3 Å². The molecule has 1 aliphatic carbocycles. The van der Waals surface area contributed by atoms with Gasteiger partial charge < -0.3 is 0 Å². The monoisotopic (exact) mass is 184 g/mol. The number of hydrogen-bond donors (Lipinski definition) is 0. The molecule has 0 amide bonds. The van der Waals surface area contributed by atoms with Gasteiger partial charge in [0.1, 0.15) is 0 Å². The summed E-state index contributed by atoms with van der Waals surface area (Å²) in [5, 5.41) is 0. The van der Waals surface area contributed by atoms with Crippen LogP contribution < -0.4 is 0 Å². The molecule has 0 unspecified atom stereocenters. The smallest absolute Gasteiger partial charge is 0.0174 e. The minimum Gasteiger partial charge on any atom is -0.0804 e. The van der Waals surface area contributed by atoms with Crippen LogP contribution in [0, 0.1) is 0 Å². The van der Waals surface area contributed by atoms with Crippen LogP contribution in [-0.2, 0) is 0 Å². The molecule has 1 aliphatic rings. The van der Waals surface area contributed by atoms with Crippen LogP contribution >= 0.6 is 15.9 Å². The van der Waals surface area contributed by atoms with Crippen LogP contribution in [0.15, 0.2) is 34.4 Å². The number of allylic oxidation sites excluding steroid dienone is 6. The van der Waals surface area contributed by atoms with Gasteiger partial charge in [0.05, 0.1) is 0 Å². The highest BCUT2D eigenvalue weighted by atomic mass is 79.9. The van der Waals surface area contributed by atoms with Gasteiger partial charge >= 0.3 is 0 Å². The second kappa shape index (κ2) is 3.02. The Hall–Kier alpha value is -0.300. The van der Waals surface area contributed by atoms with E-state index in [1.807, 2.05) is 0 Å². The average molecular weight is 185 g/mol. The predicted octanol–water partition coefficient (Wildman–Crippen LogP) is 3.17. The van der Waals surface area contributed by atoms with Gasteiger partial charge in [-0.2, -0.15) is 0 Å². The first-order chi connectivity index (χ1) is 4.29. The Morgan fingerprint density at radius 1 is 1.56 bits per heavy atom. The molecule has 0 aliphatic heterocycles. The molecule has 0 radical (unpaired) electrons. The molecule has 0 spiro atoms. The van der Waals surface area contributed by atoms with E-state index in [2.05, 4.69) is 47.2 Å². The predicted molar refractivity (Wildman–Crippen MR) is 44.5 cm³/mol. The second-order valence-electron chi connectivity index (χ2n) is 2.17. The van der Waals surface area contributed by atoms with Crippen LogP contribution in [0.25, 0.3) is 0 Å². The molecule has 9 heavy (non-hydrogen) atoms. The summed E-state index contributed by atoms with van der Waals surface area (Å²) >= 11 is 3.41. The molecule has 0 saturated carbocycles. The Morgan fingerprint density at radius 2 is 2.33 bits per heavy atom. The first-order valence-electron chi connectivity index (χ1n) is 2.98. The van der Waals surface area contributed by atoms with Crippen LogP contribution in [-0.4, -0.2) is 0 Å². The summed E-state index contributed by atoms with van der Waals surface area (Å²) in [6.45, 7) is 2.13. The summed E-state index contributed by atoms with van der Waals surface area (Å²) in [6.07, 6.45) is 9.49. The molecule has 0 fully saturated rings. The van der Waals surface area contributed by atoms with E-state index in [4.69, 9.17) is 0 Å². The van der Waals surface area contributed by atoms with Crippen LogP contribution in [0.2, 0.25) is 0 Å². The zero-order valence-corrected chi connectivity index (χ0v) is 6.98. The lowest BCUT2D eigenvalue weighted by atomic mass is 10.2. The van der Waals surface area contributed by atoms with Crippen LogP contribution in [0.4, 0.5) is 0 Å². The zero-order valence-electron chi connectivity index (χ0n) is 5.39. The van der Waals surface area contributed by atoms with Crippen molar-refractivity contribution in [3.05, 3.63) is 34.4 Å². The fourth-order valence-electron chi connectivity index (χ4n) is 0.756. The lowest BCUT2D eigenvalue weighted by Crippen LogP contribution is -1.68. The van der Waals surface area contributed by atoms with Crippen molar-refractivity contribution >= 4 is 15.9 Å². The molecule has 0 aromatic carbocycles. The minimum atomic E-state index is 1.08. The van der Waals surface area contributed by atoms with Gasteiger partial charge in [-0.15, -0.1) is 0 Å². The summed E-state index contributed by atoms with van der Waals surface area (Å²) in [6, 6.07) is 0. The largest absolute Gasteiger partial charge is 0.0804 e. The first kappa shape index (κ1) is 6.81. The van der Waals surface area contributed by atoms with Gasteiger partial charge in [0.25, 0.3) is 0 Å². The highest BCUT2D eigenvalue weighted by Crippen LogP contribution is 2.15. The van der Waals surface area contributed by atoms with Gasteiger partial charge in [-0.3, -0.25) is 0 Å². The lowest BCUT2D eigenvalue weighted by Gasteiger charge is -1.89. The van der Waals surface area contributed by atoms with E-state index in [-0.39, 0.29) is 0 Å². The van der Waals surface area contributed by atoms with Crippen molar-refractivity contribution in [2.24, 2.45) is 0 Å². The van der Waals surface area contributed by atoms with E-state index in [1.54, 1.807) is 0 Å². The summed E-state index contributed by atoms with van der Waals surface area (Å²) < 4.78 is 1.16. The maximum Gasteiger partial charge on any atom is 0.0174 e. The van der Waals surface area contributed by atoms with E-state index >= 15 is 0 Å². The summed E-state index contributed by atoms with van der Waals surface area (Å²) in [5.74, 6) is 0. The van der Waals surface area contributed by atoms with Crippen LogP contribution in [0.3, 0.4) is 0 Å². The molecular formula is C8H9Br. The third-order valence-corrected chi connectivity index (χ3v) is 1.71. The first-order valence-corrected chi connectivity index (χ1v) is 3.78. The van der Waals surface area contributed by atoms with Gasteiger partial charge in [0.2, 0.25) is 0 Å². The molecule has 0 atom stereocenters. The molecule has 0 heterocycles. The standard InChI is InChI=1S/C8H9Br/c1-7-4-2-3-5-8(9)6-7/h2-3,5-6H,4H2,1H3. The van der Waals surface area contributed by atoms with Crippen molar-refractivity contribution in [1.82, 2.24) is 0 Å². The molecule has 0 bridgehead atoms. The summed E-state index contributed by atoms with van der Waals surface area (Å²) in [7, 11) is 0. The third kappa shape index (κ3) is 2.19. The second-order valence-corrected chi connectivity index (χ2v) is 3.09. The Kier molecular flexibility index (Phi) is 2.29. The van der Waals surface area contributed by atoms with Crippen molar-refractivity contribution in [1.29, 1.82) is 0 Å². The topological polar surface area (TPSA) is 0 Å².